The van der Waals surface area contributed by atoms with Crippen LogP contribution in [0, 0.1) is 0 Å². The van der Waals surface area contributed by atoms with Crippen molar-refractivity contribution in [2.24, 2.45) is 0 Å². The van der Waals surface area contributed by atoms with Gasteiger partial charge in [-0.05, 0) is 12.1 Å². The molecule has 3 aromatic rings. The van der Waals surface area contributed by atoms with Crippen molar-refractivity contribution < 1.29 is 14.3 Å². The minimum absolute atomic E-state index is 0.154. The summed E-state index contributed by atoms with van der Waals surface area (Å²) < 4.78 is 13.3. The van der Waals surface area contributed by atoms with E-state index in [4.69, 9.17) is 9.47 Å². The summed E-state index contributed by atoms with van der Waals surface area (Å²) in [6.45, 7) is 0.952. The lowest BCUT2D eigenvalue weighted by Crippen LogP contribution is -2.33. The Morgan fingerprint density at radius 3 is 2.96 bits per heavy atom. The Kier molecular flexibility index (Phi) is 3.99. The van der Waals surface area contributed by atoms with Gasteiger partial charge in [-0.15, -0.1) is 0 Å². The van der Waals surface area contributed by atoms with Gasteiger partial charge in [-0.25, -0.2) is 4.98 Å². The molecule has 0 saturated heterocycles. The highest BCUT2D eigenvalue weighted by Gasteiger charge is 2.21. The molecule has 0 fully saturated rings. The van der Waals surface area contributed by atoms with Gasteiger partial charge in [0.25, 0.3) is 5.91 Å². The molecule has 1 atom stereocenters. The standard InChI is InChI=1S/C17H15N5O3/c23-17(14-8-18-5-6-19-14)21-12-7-20-22(9-12)10-13-11-24-15-3-1-2-4-16(15)25-13/h1-9,13H,10-11H2,(H,21,23)/t13-/m1/s1. The number of carbonyl (C=O) groups is 1. The highest BCUT2D eigenvalue weighted by atomic mass is 16.6. The molecular weight excluding hydrogens is 322 g/mol. The monoisotopic (exact) mass is 337 g/mol. The van der Waals surface area contributed by atoms with Gasteiger partial charge in [0, 0.05) is 18.6 Å². The van der Waals surface area contributed by atoms with Crippen LogP contribution in [-0.2, 0) is 6.54 Å². The van der Waals surface area contributed by atoms with Crippen molar-refractivity contribution in [3.63, 3.8) is 0 Å². The molecule has 0 bridgehead atoms. The zero-order valence-electron chi connectivity index (χ0n) is 13.2. The molecule has 1 aromatic carbocycles. The summed E-state index contributed by atoms with van der Waals surface area (Å²) in [5.41, 5.74) is 0.823. The average Bonchev–Trinajstić information content (AvgIpc) is 3.09. The van der Waals surface area contributed by atoms with Crippen molar-refractivity contribution in [2.45, 2.75) is 12.6 Å². The molecule has 8 nitrogen and oxygen atoms in total. The van der Waals surface area contributed by atoms with Crippen molar-refractivity contribution in [3.8, 4) is 11.5 Å². The Bertz CT molecular complexity index is 881. The summed E-state index contributed by atoms with van der Waals surface area (Å²) in [6.07, 6.45) is 7.54. The third kappa shape index (κ3) is 3.42. The van der Waals surface area contributed by atoms with Gasteiger partial charge in [-0.1, -0.05) is 12.1 Å². The second kappa shape index (κ2) is 6.60. The molecule has 126 valence electrons. The van der Waals surface area contributed by atoms with Crippen LogP contribution >= 0.6 is 0 Å². The fraction of sp³-hybridized carbons (Fsp3) is 0.176. The van der Waals surface area contributed by atoms with Gasteiger partial charge in [0.2, 0.25) is 0 Å². The van der Waals surface area contributed by atoms with Crippen LogP contribution in [-0.4, -0.2) is 38.4 Å². The van der Waals surface area contributed by atoms with E-state index in [0.717, 1.165) is 11.5 Å². The van der Waals surface area contributed by atoms with Crippen molar-refractivity contribution >= 4 is 11.6 Å². The first-order chi connectivity index (χ1) is 12.3. The Labute approximate surface area is 143 Å². The SMILES string of the molecule is O=C(Nc1cnn(C[C@@H]2COc3ccccc3O2)c1)c1cnccn1. The van der Waals surface area contributed by atoms with Gasteiger partial charge in [0.15, 0.2) is 17.6 Å². The van der Waals surface area contributed by atoms with Crippen LogP contribution < -0.4 is 14.8 Å². The normalized spacial score (nSPS) is 15.6. The van der Waals surface area contributed by atoms with Crippen molar-refractivity contribution in [1.82, 2.24) is 19.7 Å². The highest BCUT2D eigenvalue weighted by molar-refractivity contribution is 6.02. The van der Waals surface area contributed by atoms with E-state index in [-0.39, 0.29) is 17.7 Å². The number of rotatable bonds is 4. The van der Waals surface area contributed by atoms with Gasteiger partial charge in [0.1, 0.15) is 12.3 Å². The molecule has 1 aliphatic heterocycles. The summed E-state index contributed by atoms with van der Waals surface area (Å²) in [7, 11) is 0. The molecule has 0 unspecified atom stereocenters. The largest absolute Gasteiger partial charge is 0.486 e. The zero-order chi connectivity index (χ0) is 17.1. The van der Waals surface area contributed by atoms with E-state index in [1.165, 1.54) is 18.6 Å². The quantitative estimate of drug-likeness (QED) is 0.780. The Morgan fingerprint density at radius 1 is 1.24 bits per heavy atom. The minimum Gasteiger partial charge on any atom is -0.486 e. The number of amides is 1. The topological polar surface area (TPSA) is 91.2 Å². The number of hydrogen-bond donors (Lipinski definition) is 1. The first kappa shape index (κ1) is 15.1. The molecule has 2 aromatic heterocycles. The molecule has 3 heterocycles. The molecule has 1 N–H and O–H groups in total. The van der Waals surface area contributed by atoms with Crippen LogP contribution in [0.25, 0.3) is 0 Å². The molecule has 0 radical (unpaired) electrons. The zero-order valence-corrected chi connectivity index (χ0v) is 13.2. The van der Waals surface area contributed by atoms with Crippen LogP contribution in [0.5, 0.6) is 11.5 Å². The van der Waals surface area contributed by atoms with Gasteiger partial charge in [-0.2, -0.15) is 5.10 Å². The van der Waals surface area contributed by atoms with Gasteiger partial charge in [-0.3, -0.25) is 14.5 Å². The van der Waals surface area contributed by atoms with E-state index in [1.807, 2.05) is 24.3 Å². The molecule has 1 amide bonds. The Hall–Kier alpha value is -3.42. The predicted molar refractivity (Wildman–Crippen MR) is 88.6 cm³/mol. The van der Waals surface area contributed by atoms with Crippen LogP contribution in [0.15, 0.2) is 55.2 Å². The summed E-state index contributed by atoms with van der Waals surface area (Å²) in [6, 6.07) is 7.55. The number of fused-ring (bicyclic) bond motifs is 1. The first-order valence-electron chi connectivity index (χ1n) is 7.76. The number of aromatic nitrogens is 4. The van der Waals surface area contributed by atoms with E-state index >= 15 is 0 Å². The maximum atomic E-state index is 12.1. The van der Waals surface area contributed by atoms with Crippen molar-refractivity contribution in [2.75, 3.05) is 11.9 Å². The lowest BCUT2D eigenvalue weighted by Gasteiger charge is -2.26. The molecule has 0 saturated carbocycles. The van der Waals surface area contributed by atoms with Crippen LogP contribution in [0.3, 0.4) is 0 Å². The van der Waals surface area contributed by atoms with E-state index < -0.39 is 0 Å². The van der Waals surface area contributed by atoms with E-state index in [0.29, 0.717) is 18.8 Å². The van der Waals surface area contributed by atoms with Gasteiger partial charge in [0.05, 0.1) is 24.6 Å². The lowest BCUT2D eigenvalue weighted by atomic mass is 10.2. The molecule has 25 heavy (non-hydrogen) atoms. The average molecular weight is 337 g/mol. The lowest BCUT2D eigenvalue weighted by molar-refractivity contribution is 0.0759. The first-order valence-corrected chi connectivity index (χ1v) is 7.76. The Morgan fingerprint density at radius 2 is 2.12 bits per heavy atom. The number of nitrogens with one attached hydrogen (secondary N) is 1. The number of carbonyl (C=O) groups excluding carboxylic acids is 1. The maximum absolute atomic E-state index is 12.1. The summed E-state index contributed by atoms with van der Waals surface area (Å²) >= 11 is 0. The molecule has 0 spiro atoms. The fourth-order valence-corrected chi connectivity index (χ4v) is 2.50. The summed E-state index contributed by atoms with van der Waals surface area (Å²) in [5, 5.41) is 6.98. The molecule has 1 aliphatic rings. The van der Waals surface area contributed by atoms with Gasteiger partial charge >= 0.3 is 0 Å². The molecular formula is C17H15N5O3. The number of anilines is 1. The van der Waals surface area contributed by atoms with E-state index in [1.54, 1.807) is 17.1 Å². The van der Waals surface area contributed by atoms with Crippen LogP contribution in [0.4, 0.5) is 5.69 Å². The number of para-hydroxylation sites is 2. The van der Waals surface area contributed by atoms with Crippen LogP contribution in [0.2, 0.25) is 0 Å². The highest BCUT2D eigenvalue weighted by Crippen LogP contribution is 2.31. The summed E-state index contributed by atoms with van der Waals surface area (Å²) in [5.74, 6) is 1.14. The number of nitrogens with zero attached hydrogens (tertiary/aromatic N) is 4. The molecule has 8 heteroatoms. The van der Waals surface area contributed by atoms with Crippen molar-refractivity contribution in [3.05, 3.63) is 60.9 Å². The van der Waals surface area contributed by atoms with E-state index in [2.05, 4.69) is 20.4 Å². The second-order valence-electron chi connectivity index (χ2n) is 5.49. The fourth-order valence-electron chi connectivity index (χ4n) is 2.50. The summed E-state index contributed by atoms with van der Waals surface area (Å²) in [4.78, 5) is 19.9. The third-order valence-corrected chi connectivity index (χ3v) is 3.65. The van der Waals surface area contributed by atoms with E-state index in [9.17, 15) is 4.79 Å². The second-order valence-corrected chi connectivity index (χ2v) is 5.49. The maximum Gasteiger partial charge on any atom is 0.275 e. The molecule has 0 aliphatic carbocycles. The third-order valence-electron chi connectivity index (χ3n) is 3.65. The predicted octanol–water partition coefficient (Wildman–Crippen LogP) is 1.77. The molecule has 4 rings (SSSR count). The number of benzene rings is 1. The Balaban J connectivity index is 1.38. The van der Waals surface area contributed by atoms with Crippen LogP contribution in [0.1, 0.15) is 10.5 Å². The number of ether oxygens (including phenoxy) is 2. The number of hydrogen-bond acceptors (Lipinski definition) is 6. The van der Waals surface area contributed by atoms with Crippen molar-refractivity contribution in [1.29, 1.82) is 0 Å². The van der Waals surface area contributed by atoms with Gasteiger partial charge < -0.3 is 14.8 Å². The minimum atomic E-state index is -0.334. The smallest absolute Gasteiger partial charge is 0.275 e.